The molecule has 13 nitrogen and oxygen atoms in total. The summed E-state index contributed by atoms with van der Waals surface area (Å²) in [6.45, 7) is -0.445. The summed E-state index contributed by atoms with van der Waals surface area (Å²) in [5, 5.41) is 87.4. The Morgan fingerprint density at radius 3 is 2.59 bits per heavy atom. The molecular formula is C49H54N2O11S2. The lowest BCUT2D eigenvalue weighted by molar-refractivity contribution is -0.321. The maximum absolute atomic E-state index is 15.9. The van der Waals surface area contributed by atoms with Crippen molar-refractivity contribution in [3.8, 4) is 5.75 Å². The van der Waals surface area contributed by atoms with Crippen molar-refractivity contribution < 1.29 is 54.8 Å². The van der Waals surface area contributed by atoms with Gasteiger partial charge < -0.3 is 55.9 Å². The summed E-state index contributed by atoms with van der Waals surface area (Å²) in [6, 6.07) is 12.0. The molecule has 12 atom stereocenters. The van der Waals surface area contributed by atoms with E-state index in [-0.39, 0.29) is 72.3 Å². The lowest BCUT2D eigenvalue weighted by Crippen LogP contribution is -2.70. The Morgan fingerprint density at radius 1 is 0.953 bits per heavy atom. The lowest BCUT2D eigenvalue weighted by Gasteiger charge is -2.58. The van der Waals surface area contributed by atoms with Gasteiger partial charge in [-0.05, 0) is 109 Å². The summed E-state index contributed by atoms with van der Waals surface area (Å²) in [4.78, 5) is 31.1. The van der Waals surface area contributed by atoms with Crippen LogP contribution in [-0.2, 0) is 17.8 Å². The molecule has 338 valence electrons. The van der Waals surface area contributed by atoms with Crippen molar-refractivity contribution in [2.24, 2.45) is 28.6 Å². The van der Waals surface area contributed by atoms with Gasteiger partial charge in [0.25, 0.3) is 0 Å². The molecule has 5 aliphatic carbocycles. The molecular weight excluding hydrogens is 857 g/mol. The van der Waals surface area contributed by atoms with Crippen LogP contribution in [0.1, 0.15) is 83.2 Å². The maximum Gasteiger partial charge on any atom is 0.229 e. The van der Waals surface area contributed by atoms with Gasteiger partial charge in [-0.2, -0.15) is 0 Å². The van der Waals surface area contributed by atoms with E-state index in [4.69, 9.17) is 9.47 Å². The highest BCUT2D eigenvalue weighted by Gasteiger charge is 2.67. The molecule has 64 heavy (non-hydrogen) atoms. The van der Waals surface area contributed by atoms with Crippen LogP contribution < -0.4 is 15.4 Å². The number of carbonyl (C=O) groups excluding carboxylic acids is 2. The van der Waals surface area contributed by atoms with Crippen molar-refractivity contribution in [2.75, 3.05) is 19.8 Å². The smallest absolute Gasteiger partial charge is 0.229 e. The second kappa shape index (κ2) is 15.9. The quantitative estimate of drug-likeness (QED) is 0.176. The van der Waals surface area contributed by atoms with Crippen LogP contribution in [0.5, 0.6) is 5.75 Å². The number of Topliss-reactive ketones (excluding diaryl/α,β-unsaturated/α-hetero) is 2. The molecule has 2 aromatic carbocycles. The van der Waals surface area contributed by atoms with E-state index in [1.54, 1.807) is 35.1 Å². The summed E-state index contributed by atoms with van der Waals surface area (Å²) in [5.41, 5.74) is 2.04. The molecule has 0 unspecified atom stereocenters. The first-order valence-electron chi connectivity index (χ1n) is 22.6. The van der Waals surface area contributed by atoms with Gasteiger partial charge >= 0.3 is 0 Å². The maximum atomic E-state index is 15.9. The van der Waals surface area contributed by atoms with Crippen LogP contribution in [0.3, 0.4) is 0 Å². The molecule has 1 saturated carbocycles. The topological polar surface area (TPSA) is 218 Å². The molecule has 13 rings (SSSR count). The zero-order valence-corrected chi connectivity index (χ0v) is 36.9. The number of nitrogens with one attached hydrogen (secondary N) is 2. The third kappa shape index (κ3) is 6.11. The molecule has 0 aromatic heterocycles. The number of hydrogen-bond donors (Lipinski definition) is 9. The first-order chi connectivity index (χ1) is 31.0. The highest BCUT2D eigenvalue weighted by molar-refractivity contribution is 8.77. The highest BCUT2D eigenvalue weighted by Crippen LogP contribution is 2.69. The van der Waals surface area contributed by atoms with E-state index in [2.05, 4.69) is 16.7 Å². The standard InChI is InChI=1S/C49H54N2O11S2/c52-13-3-8-36-49-32(16-26(17-35(49)55)15-24-4-1-5-25(14-24)21-53)41(56)31-6-2-7-33(39(31)43(49)58)61-46-44(59)48(60,42(57)34(22-54)62-46)23-47-29-10-9-27-20-50-45-38(40(27)47)28(18-30(47)12-11-29)19-37(51-45)64-63-36/h1-2,4-7,14,16-18,29-30,32,34,36-37,42,44,46,50-55,57,59-60H,3,8-13,15,19-23H2/t29-,30-,32+,34+,36-,37+,42+,44-,46+,47-,48-,49-/m0/s1. The van der Waals surface area contributed by atoms with Crippen LogP contribution in [0.25, 0.3) is 0 Å². The Balaban J connectivity index is 1.10. The molecule has 15 heteroatoms. The van der Waals surface area contributed by atoms with E-state index >= 15 is 9.59 Å². The van der Waals surface area contributed by atoms with Gasteiger partial charge in [0.2, 0.25) is 6.29 Å². The third-order valence-corrected chi connectivity index (χ3v) is 19.2. The minimum absolute atomic E-state index is 0.00432. The molecule has 0 amide bonds. The molecule has 10 bridgehead atoms. The van der Waals surface area contributed by atoms with Gasteiger partial charge in [0, 0.05) is 41.4 Å². The van der Waals surface area contributed by atoms with Gasteiger partial charge in [-0.3, -0.25) is 9.59 Å². The molecule has 2 spiro atoms. The van der Waals surface area contributed by atoms with Crippen LogP contribution >= 0.6 is 21.6 Å². The average molecular weight is 911 g/mol. The van der Waals surface area contributed by atoms with Crippen molar-refractivity contribution >= 4 is 33.2 Å². The van der Waals surface area contributed by atoms with Crippen LogP contribution in [0.15, 0.2) is 100 Å². The van der Waals surface area contributed by atoms with Gasteiger partial charge in [-0.15, -0.1) is 0 Å². The molecule has 6 aliphatic heterocycles. The molecule has 2 fully saturated rings. The Bertz CT molecular complexity index is 2480. The molecule has 9 N–H and O–H groups in total. The van der Waals surface area contributed by atoms with Crippen molar-refractivity contribution in [3.05, 3.63) is 122 Å². The van der Waals surface area contributed by atoms with Crippen LogP contribution in [-0.4, -0.2) is 108 Å². The van der Waals surface area contributed by atoms with Gasteiger partial charge in [-0.25, -0.2) is 0 Å². The highest BCUT2D eigenvalue weighted by atomic mass is 33.1. The second-order valence-electron chi connectivity index (χ2n) is 19.2. The summed E-state index contributed by atoms with van der Waals surface area (Å²) in [5.74, 6) is -1.55. The number of dihydropyridines is 1. The van der Waals surface area contributed by atoms with Gasteiger partial charge in [0.05, 0.1) is 30.1 Å². The molecule has 0 radical (unpaired) electrons. The van der Waals surface area contributed by atoms with Crippen LogP contribution in [0, 0.1) is 28.6 Å². The molecule has 2 aromatic rings. The summed E-state index contributed by atoms with van der Waals surface area (Å²) < 4.78 is 12.6. The van der Waals surface area contributed by atoms with Crippen LogP contribution in [0.2, 0.25) is 0 Å². The number of carbonyl (C=O) groups is 2. The Labute approximate surface area is 378 Å². The SMILES string of the molecule is O=C1c2cccc3c2C(=O)[C@@]2(C(O)=CC(Cc4cccc(CO)c4)=C[C@H]12)[C@H](CCCO)SS[C@@H]1CC2=C[C@@H]4CC[C@@H]5CCC6=C(C2=C(NC6)N1)[C@@]54C[C@]1(O)[C@H](O)[C@@H](CO)O[C@@H](O3)[C@@H]1O. The number of ether oxygens (including phenoxy) is 2. The third-order valence-electron chi connectivity index (χ3n) is 16.0. The van der Waals surface area contributed by atoms with Gasteiger partial charge in [-0.1, -0.05) is 70.1 Å². The van der Waals surface area contributed by atoms with Crippen molar-refractivity contribution in [2.45, 2.75) is 105 Å². The zero-order valence-electron chi connectivity index (χ0n) is 35.2. The fraction of sp³-hybridized carbons (Fsp3) is 0.510. The monoisotopic (exact) mass is 910 g/mol. The Kier molecular flexibility index (Phi) is 10.6. The predicted molar refractivity (Wildman–Crippen MR) is 239 cm³/mol. The second-order valence-corrected chi connectivity index (χ2v) is 21.8. The van der Waals surface area contributed by atoms with E-state index in [1.807, 2.05) is 24.3 Å². The van der Waals surface area contributed by atoms with Crippen LogP contribution in [0.4, 0.5) is 0 Å². The predicted octanol–water partition coefficient (Wildman–Crippen LogP) is 4.44. The van der Waals surface area contributed by atoms with Crippen molar-refractivity contribution in [1.82, 2.24) is 10.6 Å². The lowest BCUT2D eigenvalue weighted by atomic mass is 9.51. The van der Waals surface area contributed by atoms with Gasteiger partial charge in [0.15, 0.2) is 11.6 Å². The number of hydrogen-bond acceptors (Lipinski definition) is 15. The van der Waals surface area contributed by atoms with E-state index in [9.17, 15) is 35.7 Å². The van der Waals surface area contributed by atoms with Crippen molar-refractivity contribution in [1.29, 1.82) is 0 Å². The summed E-state index contributed by atoms with van der Waals surface area (Å²) in [7, 11) is 2.98. The Morgan fingerprint density at radius 2 is 1.78 bits per heavy atom. The molecule has 1 saturated heterocycles. The summed E-state index contributed by atoms with van der Waals surface area (Å²) in [6.07, 6.45) is 4.07. The fourth-order valence-electron chi connectivity index (χ4n) is 13.2. The number of aliphatic hydroxyl groups is 7. The fourth-order valence-corrected chi connectivity index (χ4v) is 16.5. The molecule has 6 heterocycles. The average Bonchev–Trinajstić information content (AvgIpc) is 3.65. The number of allylic oxidation sites excluding steroid dienone is 7. The van der Waals surface area contributed by atoms with Crippen molar-refractivity contribution in [3.63, 3.8) is 0 Å². The zero-order chi connectivity index (χ0) is 44.3. The first-order valence-corrected chi connectivity index (χ1v) is 24.9. The number of aliphatic hydroxyl groups excluding tert-OH is 6. The Hall–Kier alpha value is -3.90. The first kappa shape index (κ1) is 42.7. The largest absolute Gasteiger partial charge is 0.511 e. The number of benzene rings is 2. The van der Waals surface area contributed by atoms with E-state index in [0.717, 1.165) is 48.2 Å². The minimum atomic E-state index is -2.25. The van der Waals surface area contributed by atoms with Gasteiger partial charge in [0.1, 0.15) is 46.7 Å². The summed E-state index contributed by atoms with van der Waals surface area (Å²) >= 11 is 0. The number of rotatable bonds is 7. The van der Waals surface area contributed by atoms with E-state index in [1.165, 1.54) is 28.0 Å². The number of ketones is 2. The van der Waals surface area contributed by atoms with E-state index in [0.29, 0.717) is 30.5 Å². The molecule has 11 aliphatic rings. The minimum Gasteiger partial charge on any atom is -0.511 e. The van der Waals surface area contributed by atoms with E-state index < -0.39 is 70.4 Å². The normalized spacial score (nSPS) is 38.3.